The Bertz CT molecular complexity index is 683. The minimum atomic E-state index is -4.30. The van der Waals surface area contributed by atoms with E-state index in [9.17, 15) is 18.0 Å². The summed E-state index contributed by atoms with van der Waals surface area (Å²) in [7, 11) is 1.74. The van der Waals surface area contributed by atoms with Crippen LogP contribution < -0.4 is 0 Å². The lowest BCUT2D eigenvalue weighted by atomic mass is 10.1. The molecule has 0 fully saturated rings. The lowest BCUT2D eigenvalue weighted by Gasteiger charge is -2.18. The van der Waals surface area contributed by atoms with Crippen LogP contribution in [0.25, 0.3) is 0 Å². The van der Waals surface area contributed by atoms with Gasteiger partial charge in [0.05, 0.1) is 12.1 Å². The van der Waals surface area contributed by atoms with Crippen molar-refractivity contribution in [1.29, 1.82) is 0 Å². The Morgan fingerprint density at radius 2 is 2.09 bits per heavy atom. The van der Waals surface area contributed by atoms with E-state index >= 15 is 0 Å². The van der Waals surface area contributed by atoms with Gasteiger partial charge in [-0.05, 0) is 24.7 Å². The van der Waals surface area contributed by atoms with Crippen LogP contribution >= 0.6 is 0 Å². The summed E-state index contributed by atoms with van der Waals surface area (Å²) in [5.41, 5.74) is 0.941. The quantitative estimate of drug-likeness (QED) is 0.886. The van der Waals surface area contributed by atoms with Crippen LogP contribution in [0.1, 0.15) is 21.7 Å². The number of hydrogen-bond donors (Lipinski definition) is 1. The average Bonchev–Trinajstić information content (AvgIpc) is 2.83. The van der Waals surface area contributed by atoms with E-state index in [1.54, 1.807) is 30.1 Å². The molecule has 0 aliphatic carbocycles. The van der Waals surface area contributed by atoms with Gasteiger partial charge >= 0.3 is 12.1 Å². The molecule has 8 heteroatoms. The van der Waals surface area contributed by atoms with Crippen molar-refractivity contribution in [2.75, 3.05) is 7.05 Å². The third-order valence-electron chi connectivity index (χ3n) is 3.19. The Hall–Kier alpha value is -2.35. The van der Waals surface area contributed by atoms with E-state index < -0.39 is 18.7 Å². The molecular weight excluding hydrogens is 311 g/mol. The van der Waals surface area contributed by atoms with Gasteiger partial charge < -0.3 is 9.67 Å². The molecule has 2 rings (SSSR count). The number of halogens is 3. The summed E-state index contributed by atoms with van der Waals surface area (Å²) >= 11 is 0. The molecule has 1 aromatic heterocycles. The number of aromatic nitrogens is 2. The number of aromatic carboxylic acids is 1. The molecule has 0 amide bonds. The molecule has 0 atom stereocenters. The van der Waals surface area contributed by atoms with Gasteiger partial charge in [-0.1, -0.05) is 12.1 Å². The van der Waals surface area contributed by atoms with Gasteiger partial charge in [0.1, 0.15) is 12.4 Å². The van der Waals surface area contributed by atoms with Crippen LogP contribution in [0.2, 0.25) is 0 Å². The number of benzene rings is 1. The van der Waals surface area contributed by atoms with E-state index in [1.807, 2.05) is 0 Å². The number of rotatable bonds is 6. The third-order valence-corrected chi connectivity index (χ3v) is 3.19. The SMILES string of the molecule is CN(Cc1cccc(C(=O)O)c1)Cc1nccn1CC(F)(F)F. The highest BCUT2D eigenvalue weighted by atomic mass is 19.4. The molecular formula is C15H16F3N3O2. The number of nitrogens with zero attached hydrogens (tertiary/aromatic N) is 3. The normalized spacial score (nSPS) is 11.9. The van der Waals surface area contributed by atoms with Gasteiger partial charge in [-0.15, -0.1) is 0 Å². The van der Waals surface area contributed by atoms with E-state index in [1.165, 1.54) is 18.5 Å². The molecule has 0 radical (unpaired) electrons. The van der Waals surface area contributed by atoms with E-state index in [-0.39, 0.29) is 12.1 Å². The molecule has 0 spiro atoms. The molecule has 23 heavy (non-hydrogen) atoms. The maximum atomic E-state index is 12.5. The fraction of sp³-hybridized carbons (Fsp3) is 0.333. The molecule has 5 nitrogen and oxygen atoms in total. The molecule has 1 N–H and O–H groups in total. The van der Waals surface area contributed by atoms with Gasteiger partial charge in [0, 0.05) is 18.9 Å². The van der Waals surface area contributed by atoms with Gasteiger partial charge in [-0.25, -0.2) is 9.78 Å². The fourth-order valence-corrected chi connectivity index (χ4v) is 2.24. The molecule has 0 aliphatic rings. The number of hydrogen-bond acceptors (Lipinski definition) is 3. The van der Waals surface area contributed by atoms with Crippen LogP contribution in [0.15, 0.2) is 36.7 Å². The predicted octanol–water partition coefficient (Wildman–Crippen LogP) is 2.78. The van der Waals surface area contributed by atoms with Crippen molar-refractivity contribution < 1.29 is 23.1 Å². The fourth-order valence-electron chi connectivity index (χ4n) is 2.24. The van der Waals surface area contributed by atoms with Gasteiger partial charge in [-0.2, -0.15) is 13.2 Å². The summed E-state index contributed by atoms with van der Waals surface area (Å²) in [5.74, 6) is -0.713. The van der Waals surface area contributed by atoms with Crippen molar-refractivity contribution in [3.05, 3.63) is 53.6 Å². The Kier molecular flexibility index (Phi) is 5.05. The van der Waals surface area contributed by atoms with E-state index in [0.717, 1.165) is 10.1 Å². The Balaban J connectivity index is 2.03. The van der Waals surface area contributed by atoms with Crippen LogP contribution in [0.4, 0.5) is 13.2 Å². The van der Waals surface area contributed by atoms with Crippen molar-refractivity contribution in [3.63, 3.8) is 0 Å². The van der Waals surface area contributed by atoms with Crippen LogP contribution in [0, 0.1) is 0 Å². The molecule has 124 valence electrons. The average molecular weight is 327 g/mol. The van der Waals surface area contributed by atoms with Crippen molar-refractivity contribution >= 4 is 5.97 Å². The highest BCUT2D eigenvalue weighted by molar-refractivity contribution is 5.87. The van der Waals surface area contributed by atoms with Crippen LogP contribution in [-0.2, 0) is 19.6 Å². The lowest BCUT2D eigenvalue weighted by Crippen LogP contribution is -2.24. The van der Waals surface area contributed by atoms with Gasteiger partial charge in [0.2, 0.25) is 0 Å². The summed E-state index contributed by atoms with van der Waals surface area (Å²) in [6.07, 6.45) is -1.68. The molecule has 1 heterocycles. The molecule has 2 aromatic rings. The second kappa shape index (κ2) is 6.82. The van der Waals surface area contributed by atoms with E-state index in [4.69, 9.17) is 5.11 Å². The molecule has 1 aromatic carbocycles. The van der Waals surface area contributed by atoms with Crippen LogP contribution in [-0.4, -0.2) is 38.8 Å². The summed E-state index contributed by atoms with van der Waals surface area (Å²) in [4.78, 5) is 16.7. The van der Waals surface area contributed by atoms with E-state index in [2.05, 4.69) is 4.98 Å². The summed E-state index contributed by atoms with van der Waals surface area (Å²) in [6, 6.07) is 6.44. The Morgan fingerprint density at radius 1 is 1.35 bits per heavy atom. The Morgan fingerprint density at radius 3 is 2.74 bits per heavy atom. The lowest BCUT2D eigenvalue weighted by molar-refractivity contribution is -0.141. The number of carboxylic acid groups (broad SMARTS) is 1. The second-order valence-corrected chi connectivity index (χ2v) is 5.26. The van der Waals surface area contributed by atoms with Crippen LogP contribution in [0.3, 0.4) is 0 Å². The standard InChI is InChI=1S/C15H16F3N3O2/c1-20(8-11-3-2-4-12(7-11)14(22)23)9-13-19-5-6-21(13)10-15(16,17)18/h2-7H,8-10H2,1H3,(H,22,23). The molecule has 0 aliphatic heterocycles. The Labute approximate surface area is 131 Å². The first-order valence-corrected chi connectivity index (χ1v) is 6.82. The summed E-state index contributed by atoms with van der Waals surface area (Å²) in [6.45, 7) is -0.453. The summed E-state index contributed by atoms with van der Waals surface area (Å²) in [5, 5.41) is 8.96. The predicted molar refractivity (Wildman–Crippen MR) is 76.9 cm³/mol. The number of alkyl halides is 3. The van der Waals surface area contributed by atoms with Crippen molar-refractivity contribution in [2.45, 2.75) is 25.8 Å². The van der Waals surface area contributed by atoms with Crippen LogP contribution in [0.5, 0.6) is 0 Å². The maximum Gasteiger partial charge on any atom is 0.406 e. The zero-order chi connectivity index (χ0) is 17.0. The third kappa shape index (κ3) is 5.10. The van der Waals surface area contributed by atoms with Crippen molar-refractivity contribution in [3.8, 4) is 0 Å². The highest BCUT2D eigenvalue weighted by Gasteiger charge is 2.28. The minimum Gasteiger partial charge on any atom is -0.478 e. The zero-order valence-corrected chi connectivity index (χ0v) is 12.4. The largest absolute Gasteiger partial charge is 0.478 e. The summed E-state index contributed by atoms with van der Waals surface area (Å²) < 4.78 is 38.5. The number of imidazole rings is 1. The molecule has 0 bridgehead atoms. The van der Waals surface area contributed by atoms with Gasteiger partial charge in [0.25, 0.3) is 0 Å². The first-order chi connectivity index (χ1) is 10.7. The smallest absolute Gasteiger partial charge is 0.406 e. The highest BCUT2D eigenvalue weighted by Crippen LogP contribution is 2.19. The van der Waals surface area contributed by atoms with Gasteiger partial charge in [-0.3, -0.25) is 4.90 Å². The van der Waals surface area contributed by atoms with E-state index in [0.29, 0.717) is 12.4 Å². The zero-order valence-electron chi connectivity index (χ0n) is 12.4. The maximum absolute atomic E-state index is 12.5. The first kappa shape index (κ1) is 17.0. The molecule has 0 saturated carbocycles. The molecule has 0 unspecified atom stereocenters. The number of carboxylic acids is 1. The first-order valence-electron chi connectivity index (χ1n) is 6.82. The van der Waals surface area contributed by atoms with Gasteiger partial charge in [0.15, 0.2) is 0 Å². The number of carbonyl (C=O) groups is 1. The van der Waals surface area contributed by atoms with Crippen molar-refractivity contribution in [2.24, 2.45) is 0 Å². The van der Waals surface area contributed by atoms with Crippen molar-refractivity contribution in [1.82, 2.24) is 14.5 Å². The monoisotopic (exact) mass is 327 g/mol. The molecule has 0 saturated heterocycles. The second-order valence-electron chi connectivity index (χ2n) is 5.26. The minimum absolute atomic E-state index is 0.175. The topological polar surface area (TPSA) is 58.4 Å².